The summed E-state index contributed by atoms with van der Waals surface area (Å²) in [5.41, 5.74) is 7.28. The Morgan fingerprint density at radius 3 is 2.59 bits per heavy atom. The second kappa shape index (κ2) is 10.3. The van der Waals surface area contributed by atoms with Crippen LogP contribution in [0, 0.1) is 0 Å². The number of ether oxygens (including phenoxy) is 2. The van der Waals surface area contributed by atoms with Gasteiger partial charge in [-0.3, -0.25) is 0 Å². The Bertz CT molecular complexity index is 1520. The fourth-order valence-electron chi connectivity index (χ4n) is 4.44. The molecule has 11 heteroatoms. The lowest BCUT2D eigenvalue weighted by Crippen LogP contribution is -2.39. The van der Waals surface area contributed by atoms with E-state index in [0.29, 0.717) is 47.0 Å². The topological polar surface area (TPSA) is 146 Å². The Hall–Kier alpha value is -3.31. The number of rotatable bonds is 9. The van der Waals surface area contributed by atoms with E-state index in [4.69, 9.17) is 20.2 Å². The first-order valence-corrected chi connectivity index (χ1v) is 15.1. The predicted molar refractivity (Wildman–Crippen MR) is 151 cm³/mol. The minimum absolute atomic E-state index is 0.0223. The summed E-state index contributed by atoms with van der Waals surface area (Å²) in [5, 5.41) is 4.75. The zero-order chi connectivity index (χ0) is 28.8. The van der Waals surface area contributed by atoms with Crippen LogP contribution in [0.4, 0.5) is 11.6 Å². The van der Waals surface area contributed by atoms with Crippen molar-refractivity contribution in [3.63, 3.8) is 0 Å². The molecule has 1 unspecified atom stereocenters. The molecule has 4 heterocycles. The van der Waals surface area contributed by atoms with E-state index in [1.165, 1.54) is 6.26 Å². The van der Waals surface area contributed by atoms with E-state index in [1.807, 2.05) is 47.6 Å². The Morgan fingerprint density at radius 1 is 1.21 bits per heavy atom. The number of esters is 1. The number of pyridine rings is 3. The van der Waals surface area contributed by atoms with Crippen molar-refractivity contribution in [2.45, 2.75) is 77.5 Å². The molecule has 0 bridgehead atoms. The number of carbonyl (C=O) groups is 1. The molecule has 210 valence electrons. The Balaban J connectivity index is 1.71. The van der Waals surface area contributed by atoms with Crippen LogP contribution in [0.1, 0.15) is 81.9 Å². The molecule has 3 aromatic heterocycles. The molecule has 0 spiro atoms. The van der Waals surface area contributed by atoms with Crippen LogP contribution in [0.3, 0.4) is 0 Å². The molecule has 3 atom stereocenters. The number of fused-ring (bicyclic) bond motifs is 2. The average Bonchev–Trinajstić information content (AvgIpc) is 2.85. The highest BCUT2D eigenvalue weighted by atomic mass is 32.2. The molecule has 4 rings (SSSR count). The molecule has 0 saturated carbocycles. The summed E-state index contributed by atoms with van der Waals surface area (Å²) in [7, 11) is -3.11. The summed E-state index contributed by atoms with van der Waals surface area (Å²) < 4.78 is 34.8. The van der Waals surface area contributed by atoms with Crippen LogP contribution in [0.25, 0.3) is 10.8 Å². The van der Waals surface area contributed by atoms with Gasteiger partial charge in [0.25, 0.3) is 0 Å². The number of aromatic nitrogens is 3. The lowest BCUT2D eigenvalue weighted by molar-refractivity contribution is -0.0189. The lowest BCUT2D eigenvalue weighted by Gasteiger charge is -2.36. The monoisotopic (exact) mass is 555 g/mol. The fraction of sp³-hybridized carbons (Fsp3) is 0.500. The molecule has 1 aliphatic rings. The third-order valence-electron chi connectivity index (χ3n) is 7.50. The smallest absolute Gasteiger partial charge is 0.340 e. The van der Waals surface area contributed by atoms with Crippen molar-refractivity contribution in [3.8, 4) is 5.88 Å². The number of nitrogens with two attached hydrogens (primary N) is 1. The van der Waals surface area contributed by atoms with E-state index in [2.05, 4.69) is 15.3 Å². The molecule has 1 aliphatic heterocycles. The van der Waals surface area contributed by atoms with Gasteiger partial charge in [-0.1, -0.05) is 13.8 Å². The molecule has 3 aromatic rings. The van der Waals surface area contributed by atoms with Crippen LogP contribution in [0.15, 0.2) is 30.6 Å². The first-order valence-electron chi connectivity index (χ1n) is 13.0. The largest absolute Gasteiger partial charge is 0.474 e. The van der Waals surface area contributed by atoms with Gasteiger partial charge in [0, 0.05) is 30.1 Å². The summed E-state index contributed by atoms with van der Waals surface area (Å²) in [6, 6.07) is 5.32. The van der Waals surface area contributed by atoms with Crippen molar-refractivity contribution < 1.29 is 22.7 Å². The molecule has 0 fully saturated rings. The van der Waals surface area contributed by atoms with E-state index < -0.39 is 21.0 Å². The van der Waals surface area contributed by atoms with E-state index in [0.717, 1.165) is 10.9 Å². The highest BCUT2D eigenvalue weighted by molar-refractivity contribution is 7.90. The second-order valence-corrected chi connectivity index (χ2v) is 13.4. The Labute approximate surface area is 229 Å². The van der Waals surface area contributed by atoms with Crippen LogP contribution in [0.5, 0.6) is 5.88 Å². The molecular weight excluding hydrogens is 518 g/mol. The van der Waals surface area contributed by atoms with Crippen LogP contribution in [0.2, 0.25) is 0 Å². The summed E-state index contributed by atoms with van der Waals surface area (Å²) in [5.74, 6) is 0.992. The maximum atomic E-state index is 12.5. The standard InChI is InChI=1S/C28H37N5O5S/c1-8-28(6,29)21-15-31-25(37-16(2)11-12-39(7,35)36)20-14-30-23(13-19(20)21)32-22-10-9-18-24(33-22)17(3)27(4,5)38-26(18)34/h9-10,13-17H,8,11-12,29H2,1-7H3,(H,30,32,33)/t16-,17-,28?/m1/s1. The number of hydrogen-bond donors (Lipinski definition) is 2. The molecule has 0 saturated heterocycles. The number of anilines is 2. The van der Waals surface area contributed by atoms with Gasteiger partial charge in [-0.15, -0.1) is 0 Å². The average molecular weight is 556 g/mol. The van der Waals surface area contributed by atoms with Crippen LogP contribution in [-0.2, 0) is 20.1 Å². The first kappa shape index (κ1) is 28.7. The summed E-state index contributed by atoms with van der Waals surface area (Å²) in [6.07, 6.45) is 5.23. The highest BCUT2D eigenvalue weighted by Crippen LogP contribution is 2.38. The van der Waals surface area contributed by atoms with Gasteiger partial charge in [0.05, 0.1) is 28.5 Å². The maximum absolute atomic E-state index is 12.5. The normalized spacial score (nSPS) is 19.1. The lowest BCUT2D eigenvalue weighted by atomic mass is 9.84. The van der Waals surface area contributed by atoms with Crippen molar-refractivity contribution in [3.05, 3.63) is 47.4 Å². The van der Waals surface area contributed by atoms with Gasteiger partial charge in [-0.05, 0) is 69.7 Å². The van der Waals surface area contributed by atoms with E-state index in [1.54, 1.807) is 24.5 Å². The third-order valence-corrected chi connectivity index (χ3v) is 8.48. The fourth-order valence-corrected chi connectivity index (χ4v) is 5.20. The van der Waals surface area contributed by atoms with E-state index in [-0.39, 0.29) is 23.7 Å². The molecule has 0 radical (unpaired) electrons. The van der Waals surface area contributed by atoms with Gasteiger partial charge in [-0.2, -0.15) is 0 Å². The summed E-state index contributed by atoms with van der Waals surface area (Å²) >= 11 is 0. The van der Waals surface area contributed by atoms with E-state index >= 15 is 0 Å². The minimum atomic E-state index is -3.11. The number of hydrogen-bond acceptors (Lipinski definition) is 10. The molecule has 0 aromatic carbocycles. The van der Waals surface area contributed by atoms with E-state index in [9.17, 15) is 13.2 Å². The molecule has 0 amide bonds. The molecule has 3 N–H and O–H groups in total. The zero-order valence-electron chi connectivity index (χ0n) is 23.5. The minimum Gasteiger partial charge on any atom is -0.474 e. The molecule has 10 nitrogen and oxygen atoms in total. The van der Waals surface area contributed by atoms with Crippen molar-refractivity contribution in [1.29, 1.82) is 0 Å². The quantitative estimate of drug-likeness (QED) is 0.359. The second-order valence-electron chi connectivity index (χ2n) is 11.2. The number of nitrogens with zero attached hydrogens (tertiary/aromatic N) is 3. The van der Waals surface area contributed by atoms with Crippen LogP contribution >= 0.6 is 0 Å². The van der Waals surface area contributed by atoms with Crippen molar-refractivity contribution in [1.82, 2.24) is 15.0 Å². The Kier molecular flexibility index (Phi) is 7.61. The maximum Gasteiger partial charge on any atom is 0.340 e. The van der Waals surface area contributed by atoms with Crippen molar-refractivity contribution in [2.24, 2.45) is 5.73 Å². The first-order chi connectivity index (χ1) is 18.1. The van der Waals surface area contributed by atoms with Gasteiger partial charge < -0.3 is 20.5 Å². The number of nitrogens with one attached hydrogen (secondary N) is 1. The molecule has 39 heavy (non-hydrogen) atoms. The SMILES string of the molecule is CCC(C)(N)c1cnc(O[C@H](C)CCS(C)(=O)=O)c2cnc(Nc3ccc4c(n3)[C@@H](C)C(C)(C)OC4=O)cc12. The van der Waals surface area contributed by atoms with Gasteiger partial charge in [0.2, 0.25) is 5.88 Å². The predicted octanol–water partition coefficient (Wildman–Crippen LogP) is 4.61. The number of carbonyl (C=O) groups excluding carboxylic acids is 1. The molecular formula is C28H37N5O5S. The van der Waals surface area contributed by atoms with Crippen molar-refractivity contribution in [2.75, 3.05) is 17.3 Å². The van der Waals surface area contributed by atoms with Gasteiger partial charge in [0.15, 0.2) is 0 Å². The summed E-state index contributed by atoms with van der Waals surface area (Å²) in [6.45, 7) is 11.5. The van der Waals surface area contributed by atoms with Crippen molar-refractivity contribution >= 4 is 38.2 Å². The van der Waals surface area contributed by atoms with Crippen LogP contribution < -0.4 is 15.8 Å². The zero-order valence-corrected chi connectivity index (χ0v) is 24.3. The third kappa shape index (κ3) is 6.14. The Morgan fingerprint density at radius 2 is 1.92 bits per heavy atom. The van der Waals surface area contributed by atoms with Gasteiger partial charge in [-0.25, -0.2) is 28.2 Å². The number of cyclic esters (lactones) is 1. The highest BCUT2D eigenvalue weighted by Gasteiger charge is 2.40. The van der Waals surface area contributed by atoms with Gasteiger partial charge >= 0.3 is 5.97 Å². The van der Waals surface area contributed by atoms with Crippen LogP contribution in [-0.4, -0.2) is 53.1 Å². The summed E-state index contributed by atoms with van der Waals surface area (Å²) in [4.78, 5) is 26.3. The van der Waals surface area contributed by atoms with Gasteiger partial charge in [0.1, 0.15) is 27.1 Å². The number of sulfone groups is 1. The molecule has 0 aliphatic carbocycles.